The van der Waals surface area contributed by atoms with Crippen molar-refractivity contribution in [2.75, 3.05) is 6.54 Å². The highest BCUT2D eigenvalue weighted by molar-refractivity contribution is 6.42. The van der Waals surface area contributed by atoms with Gasteiger partial charge in [0.1, 0.15) is 0 Å². The molecule has 0 unspecified atom stereocenters. The van der Waals surface area contributed by atoms with E-state index in [4.69, 9.17) is 28.9 Å². The second-order valence-corrected chi connectivity index (χ2v) is 6.01. The smallest absolute Gasteiger partial charge is 0.0595 e. The molecule has 1 fully saturated rings. The number of nitrogens with two attached hydrogens (primary N) is 1. The lowest BCUT2D eigenvalue weighted by atomic mass is 9.66. The maximum absolute atomic E-state index is 9.96. The molecule has 0 aromatic heterocycles. The Balaban J connectivity index is 2.36. The highest BCUT2D eigenvalue weighted by Gasteiger charge is 2.36. The quantitative estimate of drug-likeness (QED) is 0.894. The molecule has 1 aromatic carbocycles. The van der Waals surface area contributed by atoms with Gasteiger partial charge in [-0.05, 0) is 61.8 Å². The fraction of sp³-hybridized carbons (Fsp3) is 0.571. The number of rotatable bonds is 3. The zero-order chi connectivity index (χ0) is 13.2. The zero-order valence-corrected chi connectivity index (χ0v) is 11.8. The number of benzene rings is 1. The van der Waals surface area contributed by atoms with E-state index >= 15 is 0 Å². The summed E-state index contributed by atoms with van der Waals surface area (Å²) in [5.41, 5.74) is 6.87. The van der Waals surface area contributed by atoms with Crippen molar-refractivity contribution in [3.05, 3.63) is 33.8 Å². The summed E-state index contributed by atoms with van der Waals surface area (Å²) in [4.78, 5) is 0. The lowest BCUT2D eigenvalue weighted by Gasteiger charge is -2.40. The van der Waals surface area contributed by atoms with Gasteiger partial charge in [-0.15, -0.1) is 0 Å². The second kappa shape index (κ2) is 5.79. The topological polar surface area (TPSA) is 46.2 Å². The van der Waals surface area contributed by atoms with Crippen LogP contribution in [0.2, 0.25) is 10.0 Å². The predicted molar refractivity (Wildman–Crippen MR) is 76.3 cm³/mol. The molecule has 3 N–H and O–H groups in total. The minimum Gasteiger partial charge on any atom is -0.393 e. The molecule has 1 saturated carbocycles. The van der Waals surface area contributed by atoms with Crippen molar-refractivity contribution in [1.29, 1.82) is 0 Å². The van der Waals surface area contributed by atoms with E-state index in [-0.39, 0.29) is 11.5 Å². The third kappa shape index (κ3) is 2.83. The van der Waals surface area contributed by atoms with Crippen molar-refractivity contribution in [2.24, 2.45) is 5.73 Å². The number of aliphatic hydroxyl groups excluding tert-OH is 1. The molecule has 2 rings (SSSR count). The van der Waals surface area contributed by atoms with E-state index in [0.29, 0.717) is 16.6 Å². The van der Waals surface area contributed by atoms with Crippen LogP contribution >= 0.6 is 23.2 Å². The lowest BCUT2D eigenvalue weighted by Crippen LogP contribution is -2.37. The third-order valence-electron chi connectivity index (χ3n) is 3.97. The number of hydrogen-bond acceptors (Lipinski definition) is 2. The van der Waals surface area contributed by atoms with Gasteiger partial charge in [0.2, 0.25) is 0 Å². The standard InChI is InChI=1S/C14H19Cl2NO/c15-12-4-3-10(8-13(12)16)14(6-7-17)5-1-2-11(18)9-14/h3-4,8,11,18H,1-2,5-7,9,17H2/t11-,14+/m1/s1. The van der Waals surface area contributed by atoms with E-state index in [2.05, 4.69) is 0 Å². The molecule has 4 heteroatoms. The molecule has 0 radical (unpaired) electrons. The molecule has 18 heavy (non-hydrogen) atoms. The van der Waals surface area contributed by atoms with Crippen LogP contribution < -0.4 is 5.73 Å². The normalized spacial score (nSPS) is 28.3. The Morgan fingerprint density at radius 2 is 2.11 bits per heavy atom. The molecule has 0 amide bonds. The van der Waals surface area contributed by atoms with Gasteiger partial charge in [-0.3, -0.25) is 0 Å². The van der Waals surface area contributed by atoms with Crippen LogP contribution in [0.4, 0.5) is 0 Å². The van der Waals surface area contributed by atoms with Gasteiger partial charge in [0.25, 0.3) is 0 Å². The van der Waals surface area contributed by atoms with Crippen LogP contribution in [0.3, 0.4) is 0 Å². The molecular formula is C14H19Cl2NO. The van der Waals surface area contributed by atoms with Crippen LogP contribution in [-0.2, 0) is 5.41 Å². The van der Waals surface area contributed by atoms with Gasteiger partial charge in [0.05, 0.1) is 16.1 Å². The van der Waals surface area contributed by atoms with Gasteiger partial charge in [0, 0.05) is 0 Å². The summed E-state index contributed by atoms with van der Waals surface area (Å²) in [5.74, 6) is 0. The first kappa shape index (κ1) is 14.1. The molecule has 100 valence electrons. The Bertz CT molecular complexity index is 420. The highest BCUT2D eigenvalue weighted by Crippen LogP contribution is 2.43. The van der Waals surface area contributed by atoms with E-state index in [1.807, 2.05) is 18.2 Å². The average Bonchev–Trinajstić information content (AvgIpc) is 2.33. The summed E-state index contributed by atoms with van der Waals surface area (Å²) in [6.07, 6.45) is 4.37. The van der Waals surface area contributed by atoms with Gasteiger partial charge >= 0.3 is 0 Å². The maximum atomic E-state index is 9.96. The third-order valence-corrected chi connectivity index (χ3v) is 4.71. The molecule has 1 aliphatic carbocycles. The fourth-order valence-electron chi connectivity index (χ4n) is 3.07. The van der Waals surface area contributed by atoms with Crippen molar-refractivity contribution < 1.29 is 5.11 Å². The van der Waals surface area contributed by atoms with Crippen molar-refractivity contribution in [2.45, 2.75) is 43.6 Å². The van der Waals surface area contributed by atoms with Crippen LogP contribution in [0.25, 0.3) is 0 Å². The maximum Gasteiger partial charge on any atom is 0.0595 e. The second-order valence-electron chi connectivity index (χ2n) is 5.20. The van der Waals surface area contributed by atoms with Crippen molar-refractivity contribution in [3.63, 3.8) is 0 Å². The van der Waals surface area contributed by atoms with Gasteiger partial charge in [-0.1, -0.05) is 29.3 Å². The summed E-state index contributed by atoms with van der Waals surface area (Å²) < 4.78 is 0. The Morgan fingerprint density at radius 1 is 1.33 bits per heavy atom. The van der Waals surface area contributed by atoms with E-state index in [9.17, 15) is 5.11 Å². The minimum atomic E-state index is -0.236. The van der Waals surface area contributed by atoms with E-state index in [1.54, 1.807) is 0 Å². The van der Waals surface area contributed by atoms with Crippen molar-refractivity contribution in [1.82, 2.24) is 0 Å². The molecule has 0 bridgehead atoms. The fourth-order valence-corrected chi connectivity index (χ4v) is 3.37. The minimum absolute atomic E-state index is 0.0410. The monoisotopic (exact) mass is 287 g/mol. The molecule has 0 aliphatic heterocycles. The first-order chi connectivity index (χ1) is 8.57. The Hall–Kier alpha value is -0.280. The summed E-state index contributed by atoms with van der Waals surface area (Å²) >= 11 is 12.1. The largest absolute Gasteiger partial charge is 0.393 e. The van der Waals surface area contributed by atoms with E-state index < -0.39 is 0 Å². The van der Waals surface area contributed by atoms with Crippen LogP contribution in [0.1, 0.15) is 37.7 Å². The Kier molecular flexibility index (Phi) is 4.54. The summed E-state index contributed by atoms with van der Waals surface area (Å²) in [7, 11) is 0. The molecule has 1 aliphatic rings. The first-order valence-corrected chi connectivity index (χ1v) is 7.17. The molecule has 0 spiro atoms. The molecule has 0 heterocycles. The van der Waals surface area contributed by atoms with Crippen molar-refractivity contribution in [3.8, 4) is 0 Å². The van der Waals surface area contributed by atoms with Gasteiger partial charge in [-0.2, -0.15) is 0 Å². The van der Waals surface area contributed by atoms with E-state index in [1.165, 1.54) is 0 Å². The van der Waals surface area contributed by atoms with Gasteiger partial charge < -0.3 is 10.8 Å². The van der Waals surface area contributed by atoms with Crippen LogP contribution in [0.15, 0.2) is 18.2 Å². The van der Waals surface area contributed by atoms with Crippen molar-refractivity contribution >= 4 is 23.2 Å². The summed E-state index contributed by atoms with van der Waals surface area (Å²) in [5, 5.41) is 11.1. The summed E-state index contributed by atoms with van der Waals surface area (Å²) in [6, 6.07) is 5.78. The molecule has 0 saturated heterocycles. The zero-order valence-electron chi connectivity index (χ0n) is 10.3. The Labute approximate surface area is 118 Å². The molecule has 2 nitrogen and oxygen atoms in total. The lowest BCUT2D eigenvalue weighted by molar-refractivity contribution is 0.0815. The van der Waals surface area contributed by atoms with E-state index in [0.717, 1.165) is 37.7 Å². The number of halogens is 2. The van der Waals surface area contributed by atoms with Crippen LogP contribution in [0.5, 0.6) is 0 Å². The first-order valence-electron chi connectivity index (χ1n) is 6.41. The Morgan fingerprint density at radius 3 is 2.72 bits per heavy atom. The molecular weight excluding hydrogens is 269 g/mol. The molecule has 1 aromatic rings. The SMILES string of the molecule is NCC[C@@]1(c2ccc(Cl)c(Cl)c2)CCC[C@@H](O)C1. The average molecular weight is 288 g/mol. The van der Waals surface area contributed by atoms with Crippen LogP contribution in [0, 0.1) is 0 Å². The number of aliphatic hydroxyl groups is 1. The van der Waals surface area contributed by atoms with Crippen LogP contribution in [-0.4, -0.2) is 17.8 Å². The number of hydrogen-bond donors (Lipinski definition) is 2. The van der Waals surface area contributed by atoms with Gasteiger partial charge in [0.15, 0.2) is 0 Å². The predicted octanol–water partition coefficient (Wildman–Crippen LogP) is 3.51. The molecule has 2 atom stereocenters. The highest BCUT2D eigenvalue weighted by atomic mass is 35.5. The summed E-state index contributed by atoms with van der Waals surface area (Å²) in [6.45, 7) is 0.618. The van der Waals surface area contributed by atoms with Gasteiger partial charge in [-0.25, -0.2) is 0 Å².